The van der Waals surface area contributed by atoms with Gasteiger partial charge in [0, 0.05) is 23.5 Å². The summed E-state index contributed by atoms with van der Waals surface area (Å²) in [6.45, 7) is 6.20. The van der Waals surface area contributed by atoms with Crippen molar-refractivity contribution >= 4 is 5.91 Å². The van der Waals surface area contributed by atoms with E-state index >= 15 is 0 Å². The number of amides is 1. The van der Waals surface area contributed by atoms with Crippen molar-refractivity contribution in [2.75, 3.05) is 13.1 Å². The van der Waals surface area contributed by atoms with Gasteiger partial charge in [0.25, 0.3) is 0 Å². The fraction of sp³-hybridized carbons (Fsp3) is 0.423. The van der Waals surface area contributed by atoms with Crippen LogP contribution in [0.3, 0.4) is 0 Å². The molecular formula is C26H29FN4O3. The van der Waals surface area contributed by atoms with Crippen LogP contribution in [0.5, 0.6) is 5.75 Å². The molecule has 2 aliphatic heterocycles. The number of carbonyl (C=O) groups is 1. The Morgan fingerprint density at radius 3 is 2.65 bits per heavy atom. The summed E-state index contributed by atoms with van der Waals surface area (Å²) in [5.74, 6) is 1.59. The molecule has 7 nitrogen and oxygen atoms in total. The van der Waals surface area contributed by atoms with Gasteiger partial charge in [-0.3, -0.25) is 9.69 Å². The van der Waals surface area contributed by atoms with E-state index < -0.39 is 0 Å². The number of aromatic nitrogens is 2. The van der Waals surface area contributed by atoms with Crippen LogP contribution in [0.4, 0.5) is 4.39 Å². The molecule has 1 aromatic heterocycles. The Morgan fingerprint density at radius 2 is 1.88 bits per heavy atom. The molecule has 1 amide bonds. The first-order valence-corrected chi connectivity index (χ1v) is 11.8. The molecule has 0 spiro atoms. The minimum Gasteiger partial charge on any atom is -0.487 e. The number of fused-ring (bicyclic) bond motifs is 1. The second-order valence-corrected chi connectivity index (χ2v) is 9.73. The minimum absolute atomic E-state index is 0.0215. The van der Waals surface area contributed by atoms with Crippen molar-refractivity contribution in [1.29, 1.82) is 0 Å². The molecular weight excluding hydrogens is 435 g/mol. The van der Waals surface area contributed by atoms with Crippen LogP contribution in [0.1, 0.15) is 50.6 Å². The topological polar surface area (TPSA) is 80.5 Å². The largest absolute Gasteiger partial charge is 0.487 e. The van der Waals surface area contributed by atoms with Gasteiger partial charge in [-0.2, -0.15) is 4.98 Å². The molecule has 0 bridgehead atoms. The standard InChI is InChI=1S/C26H29FN4O3/c1-26(2)15-21(20-5-3-4-6-22(20)33-26)28-25(32)18-11-13-31(14-12-18)16-23-29-24(30-34-23)17-7-9-19(27)10-8-17/h3-10,18,21H,11-16H2,1-2H3,(H,28,32). The van der Waals surface area contributed by atoms with Gasteiger partial charge in [-0.25, -0.2) is 4.39 Å². The van der Waals surface area contributed by atoms with Crippen molar-refractivity contribution in [1.82, 2.24) is 20.4 Å². The number of ether oxygens (including phenoxy) is 1. The van der Waals surface area contributed by atoms with Gasteiger partial charge in [-0.1, -0.05) is 23.4 Å². The van der Waals surface area contributed by atoms with Crippen LogP contribution >= 0.6 is 0 Å². The Morgan fingerprint density at radius 1 is 1.15 bits per heavy atom. The third-order valence-corrected chi connectivity index (χ3v) is 6.58. The van der Waals surface area contributed by atoms with Gasteiger partial charge in [0.05, 0.1) is 12.6 Å². The molecule has 1 unspecified atom stereocenters. The molecule has 3 heterocycles. The zero-order valence-corrected chi connectivity index (χ0v) is 19.5. The molecule has 34 heavy (non-hydrogen) atoms. The first-order valence-electron chi connectivity index (χ1n) is 11.8. The first kappa shape index (κ1) is 22.5. The Bertz CT molecular complexity index is 1150. The number of halogens is 1. The maximum atomic E-state index is 13.1. The Balaban J connectivity index is 1.15. The average molecular weight is 465 g/mol. The summed E-state index contributed by atoms with van der Waals surface area (Å²) in [5, 5.41) is 7.30. The lowest BCUT2D eigenvalue weighted by atomic mass is 9.88. The number of piperidine rings is 1. The van der Waals surface area contributed by atoms with Crippen LogP contribution in [0.15, 0.2) is 53.1 Å². The number of hydrogen-bond donors (Lipinski definition) is 1. The van der Waals surface area contributed by atoms with Gasteiger partial charge >= 0.3 is 0 Å². The van der Waals surface area contributed by atoms with Crippen molar-refractivity contribution in [2.45, 2.75) is 51.3 Å². The zero-order valence-electron chi connectivity index (χ0n) is 19.5. The van der Waals surface area contributed by atoms with Crippen molar-refractivity contribution in [3.8, 4) is 17.1 Å². The van der Waals surface area contributed by atoms with E-state index in [1.165, 1.54) is 12.1 Å². The predicted molar refractivity (Wildman–Crippen MR) is 124 cm³/mol. The van der Waals surface area contributed by atoms with Gasteiger partial charge in [0.1, 0.15) is 17.2 Å². The third-order valence-electron chi connectivity index (χ3n) is 6.58. The summed E-state index contributed by atoms with van der Waals surface area (Å²) < 4.78 is 24.6. The summed E-state index contributed by atoms with van der Waals surface area (Å²) in [6, 6.07) is 13.9. The lowest BCUT2D eigenvalue weighted by Gasteiger charge is -2.39. The quantitative estimate of drug-likeness (QED) is 0.599. The molecule has 5 rings (SSSR count). The SMILES string of the molecule is CC1(C)CC(NC(=O)C2CCN(Cc3nc(-c4ccc(F)cc4)no3)CC2)c2ccccc2O1. The maximum Gasteiger partial charge on any atom is 0.241 e. The number of nitrogens with zero attached hydrogens (tertiary/aromatic N) is 3. The van der Waals surface area contributed by atoms with Crippen molar-refractivity contribution in [3.05, 3.63) is 65.8 Å². The van der Waals surface area contributed by atoms with Crippen molar-refractivity contribution in [3.63, 3.8) is 0 Å². The zero-order chi connectivity index (χ0) is 23.7. The molecule has 0 radical (unpaired) electrons. The fourth-order valence-corrected chi connectivity index (χ4v) is 4.80. The number of benzene rings is 2. The molecule has 2 aliphatic rings. The molecule has 0 saturated carbocycles. The Kier molecular flexibility index (Phi) is 6.08. The molecule has 0 aliphatic carbocycles. The van der Waals surface area contributed by atoms with Crippen LogP contribution in [0, 0.1) is 11.7 Å². The minimum atomic E-state index is -0.327. The monoisotopic (exact) mass is 464 g/mol. The first-order chi connectivity index (χ1) is 16.4. The van der Waals surface area contributed by atoms with E-state index in [0.29, 0.717) is 23.8 Å². The van der Waals surface area contributed by atoms with E-state index in [1.807, 2.05) is 24.3 Å². The maximum absolute atomic E-state index is 13.1. The van der Waals surface area contributed by atoms with Crippen LogP contribution in [0.25, 0.3) is 11.4 Å². The van der Waals surface area contributed by atoms with E-state index in [-0.39, 0.29) is 29.3 Å². The van der Waals surface area contributed by atoms with E-state index in [0.717, 1.165) is 43.7 Å². The highest BCUT2D eigenvalue weighted by Crippen LogP contribution is 2.39. The van der Waals surface area contributed by atoms with E-state index in [9.17, 15) is 9.18 Å². The summed E-state index contributed by atoms with van der Waals surface area (Å²) in [4.78, 5) is 19.8. The van der Waals surface area contributed by atoms with Gasteiger partial charge in [-0.05, 0) is 70.1 Å². The molecule has 1 saturated heterocycles. The molecule has 2 aromatic carbocycles. The number of nitrogens with one attached hydrogen (secondary N) is 1. The number of carbonyl (C=O) groups excluding carboxylic acids is 1. The van der Waals surface area contributed by atoms with Crippen molar-refractivity contribution < 1.29 is 18.4 Å². The second kappa shape index (κ2) is 9.18. The highest BCUT2D eigenvalue weighted by Gasteiger charge is 2.36. The average Bonchev–Trinajstić information content (AvgIpc) is 3.27. The lowest BCUT2D eigenvalue weighted by Crippen LogP contribution is -2.45. The predicted octanol–water partition coefficient (Wildman–Crippen LogP) is 4.51. The lowest BCUT2D eigenvalue weighted by molar-refractivity contribution is -0.127. The van der Waals surface area contributed by atoms with Crippen LogP contribution in [-0.4, -0.2) is 39.6 Å². The van der Waals surface area contributed by atoms with Gasteiger partial charge in [-0.15, -0.1) is 0 Å². The van der Waals surface area contributed by atoms with E-state index in [2.05, 4.69) is 34.2 Å². The number of hydrogen-bond acceptors (Lipinski definition) is 6. The number of rotatable bonds is 5. The Hall–Kier alpha value is -3.26. The van der Waals surface area contributed by atoms with Gasteiger partial charge in [0.2, 0.25) is 17.6 Å². The highest BCUT2D eigenvalue weighted by molar-refractivity contribution is 5.79. The molecule has 1 fully saturated rings. The smallest absolute Gasteiger partial charge is 0.241 e. The highest BCUT2D eigenvalue weighted by atomic mass is 19.1. The third kappa shape index (κ3) is 4.97. The molecule has 178 valence electrons. The van der Waals surface area contributed by atoms with Gasteiger partial charge in [0.15, 0.2) is 0 Å². The number of likely N-dealkylation sites (tertiary alicyclic amines) is 1. The normalized spacial score (nSPS) is 20.4. The molecule has 1 atom stereocenters. The summed E-state index contributed by atoms with van der Waals surface area (Å²) >= 11 is 0. The summed E-state index contributed by atoms with van der Waals surface area (Å²) in [6.07, 6.45) is 2.29. The van der Waals surface area contributed by atoms with Crippen molar-refractivity contribution in [2.24, 2.45) is 5.92 Å². The summed E-state index contributed by atoms with van der Waals surface area (Å²) in [5.41, 5.74) is 1.43. The molecule has 1 N–H and O–H groups in total. The van der Waals surface area contributed by atoms with E-state index in [4.69, 9.17) is 9.26 Å². The van der Waals surface area contributed by atoms with Gasteiger partial charge < -0.3 is 14.6 Å². The summed E-state index contributed by atoms with van der Waals surface area (Å²) in [7, 11) is 0. The van der Waals surface area contributed by atoms with E-state index in [1.54, 1.807) is 12.1 Å². The molecule has 3 aromatic rings. The Labute approximate surface area is 198 Å². The second-order valence-electron chi connectivity index (χ2n) is 9.73. The van der Waals surface area contributed by atoms with Crippen LogP contribution < -0.4 is 10.1 Å². The van der Waals surface area contributed by atoms with Crippen LogP contribution in [0.2, 0.25) is 0 Å². The fourth-order valence-electron chi connectivity index (χ4n) is 4.80. The number of para-hydroxylation sites is 1. The van der Waals surface area contributed by atoms with Crippen LogP contribution in [-0.2, 0) is 11.3 Å². The molecule has 8 heteroatoms.